The van der Waals surface area contributed by atoms with Crippen LogP contribution in [0.15, 0.2) is 18.2 Å². The Hall–Kier alpha value is -1.88. The van der Waals surface area contributed by atoms with Crippen molar-refractivity contribution in [2.75, 3.05) is 25.0 Å². The molecular formula is C23H35N3O2. The molecule has 3 rings (SSSR count). The van der Waals surface area contributed by atoms with Gasteiger partial charge in [-0.25, -0.2) is 0 Å². The van der Waals surface area contributed by atoms with E-state index in [0.717, 1.165) is 63.7 Å². The van der Waals surface area contributed by atoms with Crippen LogP contribution in [-0.2, 0) is 9.59 Å². The summed E-state index contributed by atoms with van der Waals surface area (Å²) in [6.07, 6.45) is 7.63. The number of nitrogens with one attached hydrogen (secondary N) is 3. The normalized spacial score (nSPS) is 19.4. The molecule has 0 unspecified atom stereocenters. The smallest absolute Gasteiger partial charge is 0.232 e. The molecule has 0 atom stereocenters. The fourth-order valence-corrected chi connectivity index (χ4v) is 4.48. The molecule has 0 spiro atoms. The fourth-order valence-electron chi connectivity index (χ4n) is 4.48. The number of rotatable bonds is 7. The Bertz CT molecular complexity index is 689. The van der Waals surface area contributed by atoms with Crippen molar-refractivity contribution in [1.29, 1.82) is 0 Å². The van der Waals surface area contributed by atoms with Gasteiger partial charge in [-0.3, -0.25) is 9.59 Å². The van der Waals surface area contributed by atoms with Gasteiger partial charge in [-0.15, -0.1) is 0 Å². The minimum absolute atomic E-state index is 0.0481. The molecule has 154 valence electrons. The van der Waals surface area contributed by atoms with Crippen LogP contribution < -0.4 is 16.0 Å². The second kappa shape index (κ2) is 9.55. The van der Waals surface area contributed by atoms with Crippen LogP contribution in [-0.4, -0.2) is 31.4 Å². The van der Waals surface area contributed by atoms with E-state index in [1.807, 2.05) is 18.2 Å². The summed E-state index contributed by atoms with van der Waals surface area (Å²) in [7, 11) is 0. The summed E-state index contributed by atoms with van der Waals surface area (Å²) in [6, 6.07) is 6.02. The highest BCUT2D eigenvalue weighted by atomic mass is 16.2. The van der Waals surface area contributed by atoms with E-state index in [9.17, 15) is 9.59 Å². The Morgan fingerprint density at radius 2 is 1.82 bits per heavy atom. The van der Waals surface area contributed by atoms with Crippen molar-refractivity contribution in [3.63, 3.8) is 0 Å². The van der Waals surface area contributed by atoms with Crippen molar-refractivity contribution in [3.8, 4) is 0 Å². The predicted octanol–water partition coefficient (Wildman–Crippen LogP) is 3.70. The topological polar surface area (TPSA) is 70.2 Å². The molecule has 1 aliphatic heterocycles. The highest BCUT2D eigenvalue weighted by Gasteiger charge is 2.41. The SMILES string of the molecule is Cc1ccc(NC(=O)C2(CNC(=O)CCC3CCNCC3)CCCC2)cc1C. The van der Waals surface area contributed by atoms with Gasteiger partial charge in [0.1, 0.15) is 0 Å². The standard InChI is InChI=1S/C23H35N3O2/c1-17-5-7-20(15-18(17)2)26-22(28)23(11-3-4-12-23)16-25-21(27)8-6-19-9-13-24-14-10-19/h5,7,15,19,24H,3-4,6,8-14,16H2,1-2H3,(H,25,27)(H,26,28). The van der Waals surface area contributed by atoms with Crippen molar-refractivity contribution < 1.29 is 9.59 Å². The van der Waals surface area contributed by atoms with Crippen LogP contribution in [0.2, 0.25) is 0 Å². The molecule has 1 heterocycles. The van der Waals surface area contributed by atoms with Crippen molar-refractivity contribution in [2.24, 2.45) is 11.3 Å². The fraction of sp³-hybridized carbons (Fsp3) is 0.652. The average molecular weight is 386 g/mol. The Balaban J connectivity index is 1.53. The molecule has 0 bridgehead atoms. The minimum Gasteiger partial charge on any atom is -0.355 e. The Labute approximate surface area is 169 Å². The number of anilines is 1. The molecule has 1 aliphatic carbocycles. The van der Waals surface area contributed by atoms with Gasteiger partial charge >= 0.3 is 0 Å². The molecule has 0 radical (unpaired) electrons. The minimum atomic E-state index is -0.469. The third kappa shape index (κ3) is 5.34. The van der Waals surface area contributed by atoms with Gasteiger partial charge in [-0.2, -0.15) is 0 Å². The molecule has 2 amide bonds. The lowest BCUT2D eigenvalue weighted by Gasteiger charge is -2.28. The molecule has 1 aromatic carbocycles. The van der Waals surface area contributed by atoms with Gasteiger partial charge in [0, 0.05) is 18.7 Å². The molecule has 1 aromatic rings. The molecule has 3 N–H and O–H groups in total. The molecule has 0 aromatic heterocycles. The van der Waals surface area contributed by atoms with Crippen molar-refractivity contribution in [2.45, 2.75) is 65.2 Å². The number of carbonyl (C=O) groups excluding carboxylic acids is 2. The molecule has 2 fully saturated rings. The Morgan fingerprint density at radius 3 is 2.50 bits per heavy atom. The monoisotopic (exact) mass is 385 g/mol. The second-order valence-electron chi connectivity index (χ2n) is 8.75. The van der Waals surface area contributed by atoms with Crippen LogP contribution in [0, 0.1) is 25.2 Å². The number of benzene rings is 1. The van der Waals surface area contributed by atoms with Crippen LogP contribution in [0.25, 0.3) is 0 Å². The largest absolute Gasteiger partial charge is 0.355 e. The molecule has 1 saturated heterocycles. The Morgan fingerprint density at radius 1 is 1.11 bits per heavy atom. The highest BCUT2D eigenvalue weighted by Crippen LogP contribution is 2.38. The lowest BCUT2D eigenvalue weighted by molar-refractivity contribution is -0.126. The third-order valence-electron chi connectivity index (χ3n) is 6.67. The maximum Gasteiger partial charge on any atom is 0.232 e. The molecule has 1 saturated carbocycles. The predicted molar refractivity (Wildman–Crippen MR) is 113 cm³/mol. The van der Waals surface area contributed by atoms with Crippen LogP contribution in [0.1, 0.15) is 62.5 Å². The van der Waals surface area contributed by atoms with E-state index >= 15 is 0 Å². The maximum absolute atomic E-state index is 13.1. The summed E-state index contributed by atoms with van der Waals surface area (Å²) >= 11 is 0. The number of amides is 2. The van der Waals surface area contributed by atoms with Gasteiger partial charge in [-0.1, -0.05) is 18.9 Å². The number of hydrogen-bond donors (Lipinski definition) is 3. The van der Waals surface area contributed by atoms with Gasteiger partial charge in [0.05, 0.1) is 5.41 Å². The van der Waals surface area contributed by atoms with E-state index < -0.39 is 5.41 Å². The van der Waals surface area contributed by atoms with Crippen LogP contribution in [0.5, 0.6) is 0 Å². The first kappa shape index (κ1) is 20.8. The summed E-state index contributed by atoms with van der Waals surface area (Å²) in [4.78, 5) is 25.5. The summed E-state index contributed by atoms with van der Waals surface area (Å²) in [6.45, 7) is 6.70. The third-order valence-corrected chi connectivity index (χ3v) is 6.67. The molecule has 28 heavy (non-hydrogen) atoms. The van der Waals surface area contributed by atoms with E-state index in [1.165, 1.54) is 11.1 Å². The lowest BCUT2D eigenvalue weighted by Crippen LogP contribution is -2.44. The van der Waals surface area contributed by atoms with Crippen molar-refractivity contribution >= 4 is 17.5 Å². The quantitative estimate of drug-likeness (QED) is 0.670. The zero-order valence-electron chi connectivity index (χ0n) is 17.4. The van der Waals surface area contributed by atoms with Gasteiger partial charge in [0.2, 0.25) is 11.8 Å². The van der Waals surface area contributed by atoms with E-state index in [1.54, 1.807) is 0 Å². The molecule has 5 heteroatoms. The van der Waals surface area contributed by atoms with Gasteiger partial charge in [0.15, 0.2) is 0 Å². The van der Waals surface area contributed by atoms with Crippen LogP contribution in [0.3, 0.4) is 0 Å². The van der Waals surface area contributed by atoms with E-state index in [0.29, 0.717) is 18.9 Å². The Kier molecular flexibility index (Phi) is 7.11. The van der Waals surface area contributed by atoms with Gasteiger partial charge in [0.25, 0.3) is 0 Å². The van der Waals surface area contributed by atoms with Crippen molar-refractivity contribution in [1.82, 2.24) is 10.6 Å². The number of piperidine rings is 1. The van der Waals surface area contributed by atoms with Crippen molar-refractivity contribution in [3.05, 3.63) is 29.3 Å². The number of aryl methyl sites for hydroxylation is 2. The first-order chi connectivity index (χ1) is 13.5. The molecule has 5 nitrogen and oxygen atoms in total. The van der Waals surface area contributed by atoms with Crippen LogP contribution in [0.4, 0.5) is 5.69 Å². The first-order valence-electron chi connectivity index (χ1n) is 10.8. The van der Waals surface area contributed by atoms with E-state index in [2.05, 4.69) is 29.8 Å². The zero-order chi connectivity index (χ0) is 20.0. The second-order valence-corrected chi connectivity index (χ2v) is 8.75. The average Bonchev–Trinajstić information content (AvgIpc) is 3.19. The van der Waals surface area contributed by atoms with Gasteiger partial charge in [-0.05, 0) is 88.2 Å². The number of hydrogen-bond acceptors (Lipinski definition) is 3. The summed E-state index contributed by atoms with van der Waals surface area (Å²) in [5, 5.41) is 9.54. The first-order valence-corrected chi connectivity index (χ1v) is 10.8. The van der Waals surface area contributed by atoms with Gasteiger partial charge < -0.3 is 16.0 Å². The molecule has 2 aliphatic rings. The summed E-state index contributed by atoms with van der Waals surface area (Å²) < 4.78 is 0. The number of carbonyl (C=O) groups is 2. The summed E-state index contributed by atoms with van der Waals surface area (Å²) in [5.74, 6) is 0.788. The van der Waals surface area contributed by atoms with E-state index in [4.69, 9.17) is 0 Å². The maximum atomic E-state index is 13.1. The summed E-state index contributed by atoms with van der Waals surface area (Å²) in [5.41, 5.74) is 2.76. The molecular weight excluding hydrogens is 350 g/mol. The van der Waals surface area contributed by atoms with E-state index in [-0.39, 0.29) is 11.8 Å². The highest BCUT2D eigenvalue weighted by molar-refractivity contribution is 5.96. The lowest BCUT2D eigenvalue weighted by atomic mass is 9.84. The zero-order valence-corrected chi connectivity index (χ0v) is 17.4. The van der Waals surface area contributed by atoms with Crippen LogP contribution >= 0.6 is 0 Å².